The Kier molecular flexibility index (Phi) is 11.7. The Morgan fingerprint density at radius 2 is 0.889 bits per heavy atom. The predicted octanol–water partition coefficient (Wildman–Crippen LogP) is 14.4. The molecule has 0 atom stereocenters. The van der Waals surface area contributed by atoms with Gasteiger partial charge in [0, 0.05) is 15.6 Å². The van der Waals surface area contributed by atoms with Crippen molar-refractivity contribution < 1.29 is 27.1 Å². The molecule has 0 saturated carbocycles. The second-order valence-corrected chi connectivity index (χ2v) is 17.2. The van der Waals surface area contributed by atoms with Crippen LogP contribution in [0.4, 0.5) is 0 Å². The van der Waals surface area contributed by atoms with E-state index >= 15 is 0 Å². The zero-order chi connectivity index (χ0) is 37.0. The van der Waals surface area contributed by atoms with Crippen molar-refractivity contribution in [3.63, 3.8) is 0 Å². The summed E-state index contributed by atoms with van der Waals surface area (Å²) in [6.45, 7) is 6.71. The van der Waals surface area contributed by atoms with Crippen LogP contribution in [0.3, 0.4) is 0 Å². The summed E-state index contributed by atoms with van der Waals surface area (Å²) in [7, 11) is -3.51. The summed E-state index contributed by atoms with van der Waals surface area (Å²) in [6.07, 6.45) is 9.93. The van der Waals surface area contributed by atoms with Gasteiger partial charge in [0.2, 0.25) is 0 Å². The van der Waals surface area contributed by atoms with E-state index in [-0.39, 0.29) is 0 Å². The normalized spacial score (nSPS) is 13.6. The topological polar surface area (TPSA) is 55.4 Å². The molecule has 0 spiro atoms. The van der Waals surface area contributed by atoms with Gasteiger partial charge >= 0.3 is 17.2 Å². The molecule has 0 bridgehead atoms. The molecule has 9 heteroatoms. The minimum atomic E-state index is -1.76. The molecule has 54 heavy (non-hydrogen) atoms. The van der Waals surface area contributed by atoms with E-state index in [1.807, 2.05) is 48.5 Å². The largest absolute Gasteiger partial charge is 0.530 e. The molecule has 6 nitrogen and oxygen atoms in total. The molecule has 0 saturated heterocycles. The molecular formula is C45H45IO6P2. The minimum Gasteiger partial charge on any atom is -0.408 e. The molecule has 6 aromatic rings. The van der Waals surface area contributed by atoms with Crippen LogP contribution >= 0.6 is 39.8 Å². The highest BCUT2D eigenvalue weighted by atomic mass is 127. The number of benzene rings is 6. The van der Waals surface area contributed by atoms with Crippen LogP contribution in [0.5, 0.6) is 34.5 Å². The first kappa shape index (κ1) is 37.2. The summed E-state index contributed by atoms with van der Waals surface area (Å²) in [5.74, 6) is 4.83. The number of hydrogen-bond donors (Lipinski definition) is 0. The maximum Gasteiger partial charge on any atom is 0.530 e. The Bertz CT molecular complexity index is 2210. The van der Waals surface area contributed by atoms with Gasteiger partial charge in [-0.3, -0.25) is 0 Å². The number of hydrogen-bond acceptors (Lipinski definition) is 6. The van der Waals surface area contributed by atoms with Gasteiger partial charge in [-0.05, 0) is 131 Å². The van der Waals surface area contributed by atoms with Crippen molar-refractivity contribution in [3.8, 4) is 34.5 Å². The molecule has 0 amide bonds. The molecule has 6 aromatic carbocycles. The van der Waals surface area contributed by atoms with Gasteiger partial charge in [-0.15, -0.1) is 0 Å². The maximum atomic E-state index is 6.95. The van der Waals surface area contributed by atoms with E-state index < -0.39 is 17.2 Å². The first-order chi connectivity index (χ1) is 26.5. The van der Waals surface area contributed by atoms with Crippen molar-refractivity contribution in [2.75, 3.05) is 0 Å². The van der Waals surface area contributed by atoms with Crippen LogP contribution in [-0.2, 0) is 25.7 Å². The summed E-state index contributed by atoms with van der Waals surface area (Å²) in [5, 5.41) is 4.13. The first-order valence-corrected chi connectivity index (χ1v) is 22.5. The van der Waals surface area contributed by atoms with Gasteiger partial charge in [0.15, 0.2) is 0 Å². The predicted molar refractivity (Wildman–Crippen MR) is 230 cm³/mol. The fourth-order valence-corrected chi connectivity index (χ4v) is 10.3. The Morgan fingerprint density at radius 3 is 1.35 bits per heavy atom. The third-order valence-electron chi connectivity index (χ3n) is 9.99. The van der Waals surface area contributed by atoms with Crippen LogP contribution in [0.1, 0.15) is 87.1 Å². The Hall–Kier alpha value is -3.77. The number of unbranched alkanes of at least 4 members (excludes halogenated alkanes) is 3. The summed E-state index contributed by atoms with van der Waals surface area (Å²) in [4.78, 5) is 0. The Morgan fingerprint density at radius 1 is 0.500 bits per heavy atom. The molecule has 0 aromatic heterocycles. The van der Waals surface area contributed by atoms with Gasteiger partial charge in [-0.25, -0.2) is 0 Å². The van der Waals surface area contributed by atoms with Gasteiger partial charge in [-0.2, -0.15) is 0 Å². The average Bonchev–Trinajstić information content (AvgIpc) is 3.18. The van der Waals surface area contributed by atoms with Gasteiger partial charge in [0.05, 0.1) is 10.8 Å². The van der Waals surface area contributed by atoms with E-state index in [1.54, 1.807) is 0 Å². The molecule has 0 fully saturated rings. The zero-order valence-electron chi connectivity index (χ0n) is 31.0. The molecule has 0 aliphatic carbocycles. The van der Waals surface area contributed by atoms with Crippen LogP contribution in [0, 0.1) is 3.57 Å². The van der Waals surface area contributed by atoms with Gasteiger partial charge in [0.25, 0.3) is 0 Å². The molecule has 0 unspecified atom stereocenters. The molecule has 278 valence electrons. The quantitative estimate of drug-likeness (QED) is 0.0757. The maximum absolute atomic E-state index is 6.95. The Balaban J connectivity index is 1.19. The van der Waals surface area contributed by atoms with E-state index in [0.717, 1.165) is 131 Å². The third kappa shape index (κ3) is 7.96. The molecule has 0 N–H and O–H groups in total. The van der Waals surface area contributed by atoms with Crippen molar-refractivity contribution in [1.29, 1.82) is 0 Å². The first-order valence-electron chi connectivity index (χ1n) is 19.2. The fourth-order valence-electron chi connectivity index (χ4n) is 7.30. The van der Waals surface area contributed by atoms with E-state index in [0.29, 0.717) is 6.42 Å². The third-order valence-corrected chi connectivity index (χ3v) is 12.7. The summed E-state index contributed by atoms with van der Waals surface area (Å²) >= 11 is 2.44. The molecule has 0 radical (unpaired) electrons. The Labute approximate surface area is 334 Å². The second kappa shape index (κ2) is 16.9. The lowest BCUT2D eigenvalue weighted by molar-refractivity contribution is 0.376. The molecule has 8 rings (SSSR count). The van der Waals surface area contributed by atoms with Crippen molar-refractivity contribution in [1.82, 2.24) is 0 Å². The van der Waals surface area contributed by atoms with Crippen LogP contribution in [0.25, 0.3) is 21.5 Å². The van der Waals surface area contributed by atoms with Crippen molar-refractivity contribution in [3.05, 3.63) is 128 Å². The van der Waals surface area contributed by atoms with Crippen molar-refractivity contribution in [2.45, 2.75) is 85.0 Å². The summed E-state index contributed by atoms with van der Waals surface area (Å²) in [6, 6.07) is 33.6. The highest BCUT2D eigenvalue weighted by Gasteiger charge is 2.32. The van der Waals surface area contributed by atoms with Crippen molar-refractivity contribution in [2.24, 2.45) is 0 Å². The lowest BCUT2D eigenvalue weighted by Gasteiger charge is -2.27. The number of rotatable bonds is 15. The molecule has 2 aliphatic rings. The van der Waals surface area contributed by atoms with Gasteiger partial charge < -0.3 is 27.1 Å². The summed E-state index contributed by atoms with van der Waals surface area (Å²) < 4.78 is 41.0. The summed E-state index contributed by atoms with van der Waals surface area (Å²) in [5.41, 5.74) is 5.86. The van der Waals surface area contributed by atoms with Crippen LogP contribution in [0.15, 0.2) is 97.1 Å². The van der Waals surface area contributed by atoms with Crippen LogP contribution < -0.4 is 27.1 Å². The van der Waals surface area contributed by atoms with Gasteiger partial charge in [0.1, 0.15) is 34.5 Å². The monoisotopic (exact) mass is 870 g/mol. The zero-order valence-corrected chi connectivity index (χ0v) is 35.0. The fraction of sp³-hybridized carbons (Fsp3) is 0.289. The number of halogens is 1. The highest BCUT2D eigenvalue weighted by Crippen LogP contribution is 2.55. The minimum absolute atomic E-state index is 0.602. The lowest BCUT2D eigenvalue weighted by atomic mass is 9.93. The van der Waals surface area contributed by atoms with E-state index in [1.165, 1.54) is 14.7 Å². The molecule has 2 heterocycles. The second-order valence-electron chi connectivity index (χ2n) is 14.0. The van der Waals surface area contributed by atoms with Gasteiger partial charge in [-0.1, -0.05) is 101 Å². The van der Waals surface area contributed by atoms with E-state index in [4.69, 9.17) is 27.1 Å². The van der Waals surface area contributed by atoms with Crippen LogP contribution in [-0.4, -0.2) is 0 Å². The SMILES string of the molecule is CCCCc1cc(CCCC)c(OP2Oc3cccc4cccc(c34)O2)c(Cc2cc(I)cc(CCCC)c2OP2Oc3cccc4cccc(c34)O2)c1. The van der Waals surface area contributed by atoms with Crippen molar-refractivity contribution >= 4 is 61.3 Å². The number of aryl methyl sites for hydroxylation is 3. The van der Waals surface area contributed by atoms with Crippen LogP contribution in [0.2, 0.25) is 0 Å². The van der Waals surface area contributed by atoms with E-state index in [9.17, 15) is 0 Å². The van der Waals surface area contributed by atoms with E-state index in [2.05, 4.69) is 91.9 Å². The average molecular weight is 871 g/mol. The standard InChI is InChI=1S/C45H45IO6P2/c1-4-7-14-30-25-33(15-8-5-2)44(51-53-47-38-21-10-17-31-18-11-22-39(48-53)42(31)38)35(26-30)27-36-29-37(46)28-34(16-9-6-3)45(36)52-54-49-40-23-12-19-32-20-13-24-41(50-54)43(32)40/h10-13,17-26,28-29H,4-9,14-16,27H2,1-3H3. The smallest absolute Gasteiger partial charge is 0.408 e. The highest BCUT2D eigenvalue weighted by molar-refractivity contribution is 14.1. The molecular weight excluding hydrogens is 825 g/mol. The lowest BCUT2D eigenvalue weighted by Crippen LogP contribution is -2.11. The molecule has 2 aliphatic heterocycles.